The van der Waals surface area contributed by atoms with Gasteiger partial charge in [0.15, 0.2) is 6.10 Å². The van der Waals surface area contributed by atoms with Crippen LogP contribution in [0.5, 0.6) is 0 Å². The normalized spacial score (nSPS) is 33.1. The molecule has 1 saturated heterocycles. The van der Waals surface area contributed by atoms with Crippen LogP contribution in [0, 0.1) is 11.8 Å². The second-order valence-corrected chi connectivity index (χ2v) is 5.30. The lowest BCUT2D eigenvalue weighted by Gasteiger charge is -2.28. The molecular formula is C13H24N2O3. The first kappa shape index (κ1) is 13.8. The third-order valence-electron chi connectivity index (χ3n) is 3.97. The number of ether oxygens (including phenoxy) is 2. The number of hydrogen-bond acceptors (Lipinski definition) is 4. The minimum Gasteiger partial charge on any atom is -0.376 e. The van der Waals surface area contributed by atoms with Gasteiger partial charge in [0.05, 0.1) is 19.8 Å². The molecule has 5 nitrogen and oxygen atoms in total. The summed E-state index contributed by atoms with van der Waals surface area (Å²) in [6.07, 6.45) is 4.31. The topological polar surface area (TPSA) is 73.6 Å². The van der Waals surface area contributed by atoms with Gasteiger partial charge in [-0.3, -0.25) is 4.79 Å². The summed E-state index contributed by atoms with van der Waals surface area (Å²) < 4.78 is 10.6. The maximum absolute atomic E-state index is 11.8. The molecule has 2 aliphatic rings. The summed E-state index contributed by atoms with van der Waals surface area (Å²) in [6, 6.07) is 0. The zero-order valence-electron chi connectivity index (χ0n) is 10.9. The standard InChI is InChI=1S/C13H24N2O3/c14-7-10-1-3-11(4-2-10)8-15-13(16)12-9-17-5-6-18-12/h10-12H,1-9,14H2,(H,15,16). The van der Waals surface area contributed by atoms with Crippen molar-refractivity contribution in [3.8, 4) is 0 Å². The van der Waals surface area contributed by atoms with Gasteiger partial charge in [-0.1, -0.05) is 0 Å². The molecule has 3 N–H and O–H groups in total. The highest BCUT2D eigenvalue weighted by molar-refractivity contribution is 5.80. The molecule has 2 rings (SSSR count). The predicted octanol–water partition coefficient (Wildman–Crippen LogP) is 0.283. The minimum atomic E-state index is -0.417. The molecule has 1 atom stereocenters. The monoisotopic (exact) mass is 256 g/mol. The van der Waals surface area contributed by atoms with Crippen LogP contribution in [0.25, 0.3) is 0 Å². The molecule has 0 radical (unpaired) electrons. The maximum Gasteiger partial charge on any atom is 0.251 e. The summed E-state index contributed by atoms with van der Waals surface area (Å²) in [5, 5.41) is 2.98. The van der Waals surface area contributed by atoms with Crippen molar-refractivity contribution in [2.24, 2.45) is 17.6 Å². The Morgan fingerprint density at radius 3 is 2.50 bits per heavy atom. The van der Waals surface area contributed by atoms with Gasteiger partial charge in [-0.2, -0.15) is 0 Å². The summed E-state index contributed by atoms with van der Waals surface area (Å²) in [6.45, 7) is 3.04. The van der Waals surface area contributed by atoms with Crippen LogP contribution in [0.4, 0.5) is 0 Å². The number of carbonyl (C=O) groups is 1. The van der Waals surface area contributed by atoms with Gasteiger partial charge in [0.2, 0.25) is 0 Å². The first-order valence-corrected chi connectivity index (χ1v) is 6.96. The Hall–Kier alpha value is -0.650. The number of amides is 1. The average molecular weight is 256 g/mol. The van der Waals surface area contributed by atoms with E-state index in [0.717, 1.165) is 13.1 Å². The fourth-order valence-electron chi connectivity index (χ4n) is 2.67. The number of nitrogens with one attached hydrogen (secondary N) is 1. The van der Waals surface area contributed by atoms with Gasteiger partial charge in [0, 0.05) is 6.54 Å². The van der Waals surface area contributed by atoms with E-state index >= 15 is 0 Å². The van der Waals surface area contributed by atoms with E-state index in [9.17, 15) is 4.79 Å². The van der Waals surface area contributed by atoms with Gasteiger partial charge >= 0.3 is 0 Å². The largest absolute Gasteiger partial charge is 0.376 e. The molecule has 1 heterocycles. The molecule has 2 fully saturated rings. The molecule has 0 aromatic heterocycles. The second kappa shape index (κ2) is 7.07. The molecule has 0 aromatic carbocycles. The van der Waals surface area contributed by atoms with Crippen molar-refractivity contribution >= 4 is 5.91 Å². The molecule has 1 amide bonds. The van der Waals surface area contributed by atoms with Crippen LogP contribution in [-0.4, -0.2) is 44.9 Å². The number of carbonyl (C=O) groups excluding carboxylic acids is 1. The van der Waals surface area contributed by atoms with Gasteiger partial charge in [-0.05, 0) is 44.1 Å². The van der Waals surface area contributed by atoms with Crippen molar-refractivity contribution in [1.82, 2.24) is 5.32 Å². The quantitative estimate of drug-likeness (QED) is 0.758. The lowest BCUT2D eigenvalue weighted by atomic mass is 9.82. The zero-order valence-corrected chi connectivity index (χ0v) is 10.9. The Labute approximate surface area is 108 Å². The van der Waals surface area contributed by atoms with Crippen molar-refractivity contribution in [3.05, 3.63) is 0 Å². The summed E-state index contributed by atoms with van der Waals surface area (Å²) >= 11 is 0. The maximum atomic E-state index is 11.8. The van der Waals surface area contributed by atoms with Crippen LogP contribution < -0.4 is 11.1 Å². The van der Waals surface area contributed by atoms with Gasteiger partial charge < -0.3 is 20.5 Å². The first-order valence-electron chi connectivity index (χ1n) is 6.96. The lowest BCUT2D eigenvalue weighted by molar-refractivity contribution is -0.147. The van der Waals surface area contributed by atoms with Crippen LogP contribution in [0.2, 0.25) is 0 Å². The fraction of sp³-hybridized carbons (Fsp3) is 0.923. The van der Waals surface area contributed by atoms with Gasteiger partial charge in [-0.25, -0.2) is 0 Å². The van der Waals surface area contributed by atoms with Crippen molar-refractivity contribution in [2.45, 2.75) is 31.8 Å². The van der Waals surface area contributed by atoms with Crippen LogP contribution in [0.3, 0.4) is 0 Å². The highest BCUT2D eigenvalue weighted by atomic mass is 16.6. The van der Waals surface area contributed by atoms with Crippen molar-refractivity contribution in [2.75, 3.05) is 32.9 Å². The first-order chi connectivity index (χ1) is 8.79. The van der Waals surface area contributed by atoms with Crippen molar-refractivity contribution in [3.63, 3.8) is 0 Å². The van der Waals surface area contributed by atoms with Gasteiger partial charge in [0.25, 0.3) is 5.91 Å². The Bertz CT molecular complexity index is 259. The molecule has 5 heteroatoms. The zero-order chi connectivity index (χ0) is 12.8. The van der Waals surface area contributed by atoms with Crippen LogP contribution in [0.1, 0.15) is 25.7 Å². The van der Waals surface area contributed by atoms with E-state index in [-0.39, 0.29) is 5.91 Å². The smallest absolute Gasteiger partial charge is 0.251 e. The highest BCUT2D eigenvalue weighted by Crippen LogP contribution is 2.27. The fourth-order valence-corrected chi connectivity index (χ4v) is 2.67. The summed E-state index contributed by atoms with van der Waals surface area (Å²) in [4.78, 5) is 11.8. The van der Waals surface area contributed by atoms with Crippen molar-refractivity contribution in [1.29, 1.82) is 0 Å². The van der Waals surface area contributed by atoms with E-state index < -0.39 is 6.10 Å². The summed E-state index contributed by atoms with van der Waals surface area (Å²) in [7, 11) is 0. The third-order valence-corrected chi connectivity index (χ3v) is 3.97. The van der Waals surface area contributed by atoms with E-state index in [1.807, 2.05) is 0 Å². The molecular weight excluding hydrogens is 232 g/mol. The van der Waals surface area contributed by atoms with Crippen LogP contribution >= 0.6 is 0 Å². The molecule has 18 heavy (non-hydrogen) atoms. The minimum absolute atomic E-state index is 0.0318. The Kier molecular flexibility index (Phi) is 5.41. The molecule has 1 aliphatic carbocycles. The number of rotatable bonds is 4. The SMILES string of the molecule is NCC1CCC(CNC(=O)C2COCCO2)CC1. The third kappa shape index (κ3) is 3.93. The molecule has 1 saturated carbocycles. The lowest BCUT2D eigenvalue weighted by Crippen LogP contribution is -2.44. The molecule has 1 aliphatic heterocycles. The van der Waals surface area contributed by atoms with Gasteiger partial charge in [0.1, 0.15) is 0 Å². The second-order valence-electron chi connectivity index (χ2n) is 5.30. The Morgan fingerprint density at radius 1 is 1.17 bits per heavy atom. The predicted molar refractivity (Wildman–Crippen MR) is 68.1 cm³/mol. The molecule has 1 unspecified atom stereocenters. The van der Waals surface area contributed by atoms with Crippen molar-refractivity contribution < 1.29 is 14.3 Å². The molecule has 0 spiro atoms. The summed E-state index contributed by atoms with van der Waals surface area (Å²) in [5.74, 6) is 1.25. The summed E-state index contributed by atoms with van der Waals surface area (Å²) in [5.41, 5.74) is 5.67. The van der Waals surface area contributed by atoms with Crippen LogP contribution in [0.15, 0.2) is 0 Å². The highest BCUT2D eigenvalue weighted by Gasteiger charge is 2.24. The number of nitrogens with two attached hydrogens (primary N) is 1. The molecule has 0 bridgehead atoms. The Morgan fingerprint density at radius 2 is 1.89 bits per heavy atom. The van der Waals surface area contributed by atoms with E-state index in [1.54, 1.807) is 0 Å². The van der Waals surface area contributed by atoms with E-state index in [0.29, 0.717) is 31.7 Å². The van der Waals surface area contributed by atoms with Gasteiger partial charge in [-0.15, -0.1) is 0 Å². The van der Waals surface area contributed by atoms with E-state index in [4.69, 9.17) is 15.2 Å². The number of hydrogen-bond donors (Lipinski definition) is 2. The molecule has 104 valence electrons. The van der Waals surface area contributed by atoms with E-state index in [2.05, 4.69) is 5.32 Å². The average Bonchev–Trinajstić information content (AvgIpc) is 2.46. The van der Waals surface area contributed by atoms with E-state index in [1.165, 1.54) is 25.7 Å². The molecule has 0 aromatic rings. The Balaban J connectivity index is 1.63. The van der Waals surface area contributed by atoms with Crippen LogP contribution in [-0.2, 0) is 14.3 Å².